The van der Waals surface area contributed by atoms with E-state index in [0.29, 0.717) is 6.10 Å². The zero-order chi connectivity index (χ0) is 9.03. The molecule has 0 spiro atoms. The highest BCUT2D eigenvalue weighted by Crippen LogP contribution is 2.27. The van der Waals surface area contributed by atoms with Crippen LogP contribution in [0, 0.1) is 0 Å². The topological polar surface area (TPSA) is 9.23 Å². The van der Waals surface area contributed by atoms with Crippen LogP contribution in [-0.4, -0.2) is 14.4 Å². The molecule has 1 unspecified atom stereocenters. The smallest absolute Gasteiger partial charge is 0.187 e. The fourth-order valence-corrected chi connectivity index (χ4v) is 4.27. The van der Waals surface area contributed by atoms with Crippen molar-refractivity contribution in [3.63, 3.8) is 0 Å². The van der Waals surface area contributed by atoms with E-state index in [4.69, 9.17) is 4.43 Å². The molecule has 12 heavy (non-hydrogen) atoms. The quantitative estimate of drug-likeness (QED) is 0.612. The first-order valence-corrected chi connectivity index (χ1v) is 8.43. The third-order valence-electron chi connectivity index (χ3n) is 2.67. The van der Waals surface area contributed by atoms with Crippen molar-refractivity contribution >= 4 is 8.32 Å². The summed E-state index contributed by atoms with van der Waals surface area (Å²) in [4.78, 5) is 0. The highest BCUT2D eigenvalue weighted by atomic mass is 28.4. The van der Waals surface area contributed by atoms with Gasteiger partial charge in [-0.15, -0.1) is 0 Å². The van der Waals surface area contributed by atoms with Crippen molar-refractivity contribution in [2.75, 3.05) is 0 Å². The summed E-state index contributed by atoms with van der Waals surface area (Å²) in [7, 11) is -1.20. The van der Waals surface area contributed by atoms with Crippen LogP contribution in [0.25, 0.3) is 0 Å². The minimum atomic E-state index is -1.20. The zero-order valence-electron chi connectivity index (χ0n) is 8.73. The average molecular weight is 186 g/mol. The molecule has 1 fully saturated rings. The van der Waals surface area contributed by atoms with Crippen molar-refractivity contribution in [1.82, 2.24) is 0 Å². The summed E-state index contributed by atoms with van der Waals surface area (Å²) in [5.74, 6) is 0. The van der Waals surface area contributed by atoms with E-state index in [1.165, 1.54) is 38.1 Å². The van der Waals surface area contributed by atoms with Crippen LogP contribution >= 0.6 is 0 Å². The average Bonchev–Trinajstić information content (AvgIpc) is 1.99. The minimum absolute atomic E-state index is 0.611. The van der Waals surface area contributed by atoms with Gasteiger partial charge in [0.2, 0.25) is 0 Å². The Morgan fingerprint density at radius 2 is 2.17 bits per heavy atom. The Morgan fingerprint density at radius 3 is 2.75 bits per heavy atom. The Balaban J connectivity index is 2.26. The van der Waals surface area contributed by atoms with E-state index in [1.54, 1.807) is 0 Å². The molecular formula is C10H22OSi. The van der Waals surface area contributed by atoms with Gasteiger partial charge in [0.15, 0.2) is 8.32 Å². The summed E-state index contributed by atoms with van der Waals surface area (Å²) in [5, 5.41) is 0. The second-order valence-corrected chi connectivity index (χ2v) is 8.79. The van der Waals surface area contributed by atoms with E-state index >= 15 is 0 Å². The molecule has 72 valence electrons. The van der Waals surface area contributed by atoms with Crippen LogP contribution in [0.1, 0.15) is 39.0 Å². The monoisotopic (exact) mass is 186 g/mol. The lowest BCUT2D eigenvalue weighted by atomic mass is 10.1. The van der Waals surface area contributed by atoms with Gasteiger partial charge in [-0.2, -0.15) is 0 Å². The molecule has 1 aliphatic rings. The zero-order valence-corrected chi connectivity index (χ0v) is 9.73. The Hall–Kier alpha value is 0.177. The number of hydrogen-bond donors (Lipinski definition) is 0. The second-order valence-electron chi connectivity index (χ2n) is 4.53. The first-order valence-electron chi connectivity index (χ1n) is 5.32. The summed E-state index contributed by atoms with van der Waals surface area (Å²) >= 11 is 0. The van der Waals surface area contributed by atoms with Crippen molar-refractivity contribution in [3.05, 3.63) is 0 Å². The Morgan fingerprint density at radius 1 is 1.42 bits per heavy atom. The maximum Gasteiger partial charge on any atom is 0.187 e. The number of rotatable bonds is 3. The van der Waals surface area contributed by atoms with E-state index in [1.807, 2.05) is 0 Å². The predicted octanol–water partition coefficient (Wildman–Crippen LogP) is 3.56. The van der Waals surface area contributed by atoms with Gasteiger partial charge in [0, 0.05) is 6.10 Å². The van der Waals surface area contributed by atoms with Gasteiger partial charge >= 0.3 is 0 Å². The van der Waals surface area contributed by atoms with Crippen LogP contribution in [0.2, 0.25) is 19.1 Å². The molecule has 1 rings (SSSR count). The first-order chi connectivity index (χ1) is 5.64. The maximum absolute atomic E-state index is 6.11. The summed E-state index contributed by atoms with van der Waals surface area (Å²) < 4.78 is 6.11. The molecule has 1 saturated heterocycles. The molecule has 1 atom stereocenters. The van der Waals surface area contributed by atoms with Gasteiger partial charge in [-0.25, -0.2) is 0 Å². The lowest BCUT2D eigenvalue weighted by Crippen LogP contribution is -2.39. The minimum Gasteiger partial charge on any atom is -0.414 e. The summed E-state index contributed by atoms with van der Waals surface area (Å²) in [6.45, 7) is 6.96. The van der Waals surface area contributed by atoms with E-state index in [9.17, 15) is 0 Å². The lowest BCUT2D eigenvalue weighted by Gasteiger charge is -2.34. The molecule has 0 aliphatic carbocycles. The van der Waals surface area contributed by atoms with Crippen molar-refractivity contribution in [1.29, 1.82) is 0 Å². The Labute approximate surface area is 77.6 Å². The Kier molecular flexibility index (Phi) is 3.78. The molecule has 0 aromatic carbocycles. The van der Waals surface area contributed by atoms with E-state index in [-0.39, 0.29) is 0 Å². The first kappa shape index (κ1) is 10.3. The normalized spacial score (nSPS) is 28.8. The SMILES string of the molecule is CCCCC1CCC[Si](C)(C)O1. The van der Waals surface area contributed by atoms with Gasteiger partial charge in [0.25, 0.3) is 0 Å². The second kappa shape index (κ2) is 4.42. The highest BCUT2D eigenvalue weighted by molar-refractivity contribution is 6.71. The van der Waals surface area contributed by atoms with Gasteiger partial charge in [0.05, 0.1) is 0 Å². The van der Waals surface area contributed by atoms with E-state index < -0.39 is 8.32 Å². The molecule has 0 amide bonds. The maximum atomic E-state index is 6.11. The summed E-state index contributed by atoms with van der Waals surface area (Å²) in [6.07, 6.45) is 7.29. The third kappa shape index (κ3) is 3.28. The van der Waals surface area contributed by atoms with Gasteiger partial charge in [-0.3, -0.25) is 0 Å². The molecule has 2 heteroatoms. The molecule has 0 bridgehead atoms. The van der Waals surface area contributed by atoms with Crippen molar-refractivity contribution in [2.45, 2.75) is 64.3 Å². The summed E-state index contributed by atoms with van der Waals surface area (Å²) in [5.41, 5.74) is 0. The molecular weight excluding hydrogens is 164 g/mol. The van der Waals surface area contributed by atoms with Gasteiger partial charge in [-0.05, 0) is 32.0 Å². The number of hydrogen-bond acceptors (Lipinski definition) is 1. The van der Waals surface area contributed by atoms with Crippen LogP contribution in [-0.2, 0) is 4.43 Å². The van der Waals surface area contributed by atoms with Crippen molar-refractivity contribution < 1.29 is 4.43 Å². The van der Waals surface area contributed by atoms with E-state index in [2.05, 4.69) is 20.0 Å². The van der Waals surface area contributed by atoms with Crippen LogP contribution < -0.4 is 0 Å². The molecule has 1 heterocycles. The summed E-state index contributed by atoms with van der Waals surface area (Å²) in [6, 6.07) is 1.37. The van der Waals surface area contributed by atoms with Crippen LogP contribution in [0.4, 0.5) is 0 Å². The highest BCUT2D eigenvalue weighted by Gasteiger charge is 2.30. The van der Waals surface area contributed by atoms with Crippen LogP contribution in [0.5, 0.6) is 0 Å². The van der Waals surface area contributed by atoms with Crippen molar-refractivity contribution in [2.24, 2.45) is 0 Å². The molecule has 1 aliphatic heterocycles. The fourth-order valence-electron chi connectivity index (χ4n) is 1.96. The van der Waals surface area contributed by atoms with Gasteiger partial charge < -0.3 is 4.43 Å². The molecule has 0 aromatic rings. The molecule has 1 nitrogen and oxygen atoms in total. The number of unbranched alkanes of at least 4 members (excludes halogenated alkanes) is 1. The van der Waals surface area contributed by atoms with Gasteiger partial charge in [0.1, 0.15) is 0 Å². The molecule has 0 radical (unpaired) electrons. The molecule has 0 N–H and O–H groups in total. The largest absolute Gasteiger partial charge is 0.414 e. The lowest BCUT2D eigenvalue weighted by molar-refractivity contribution is 0.149. The fraction of sp³-hybridized carbons (Fsp3) is 1.00. The van der Waals surface area contributed by atoms with E-state index in [0.717, 1.165) is 0 Å². The standard InChI is InChI=1S/C10H22OSi/c1-4-5-7-10-8-6-9-12(2,3)11-10/h10H,4-9H2,1-3H3. The predicted molar refractivity (Wildman–Crippen MR) is 55.9 cm³/mol. The van der Waals surface area contributed by atoms with Crippen LogP contribution in [0.15, 0.2) is 0 Å². The Bertz CT molecular complexity index is 134. The molecule has 0 saturated carbocycles. The third-order valence-corrected chi connectivity index (χ3v) is 5.20. The van der Waals surface area contributed by atoms with Gasteiger partial charge in [-0.1, -0.05) is 26.2 Å². The molecule has 0 aromatic heterocycles. The van der Waals surface area contributed by atoms with Crippen LogP contribution in [0.3, 0.4) is 0 Å². The van der Waals surface area contributed by atoms with Crippen molar-refractivity contribution in [3.8, 4) is 0 Å².